The molecule has 13 aromatic rings. The molecule has 0 aliphatic heterocycles. The van der Waals surface area contributed by atoms with Gasteiger partial charge in [0, 0.05) is 32.8 Å². The van der Waals surface area contributed by atoms with Crippen molar-refractivity contribution in [1.29, 1.82) is 0 Å². The van der Waals surface area contributed by atoms with Crippen LogP contribution in [0.5, 0.6) is 0 Å². The van der Waals surface area contributed by atoms with Gasteiger partial charge in [0.05, 0.1) is 40.9 Å². The lowest BCUT2D eigenvalue weighted by Gasteiger charge is -2.21. The van der Waals surface area contributed by atoms with E-state index in [-0.39, 0.29) is 0 Å². The van der Waals surface area contributed by atoms with Gasteiger partial charge in [-0.15, -0.1) is 0 Å². The minimum atomic E-state index is 0.530. The second-order valence-corrected chi connectivity index (χ2v) is 20.5. The monoisotopic (exact) mass is 984 g/mol. The highest BCUT2D eigenvalue weighted by Gasteiger charge is 2.25. The zero-order valence-electron chi connectivity index (χ0n) is 43.7. The molecule has 0 unspecified atom stereocenters. The Morgan fingerprint density at radius 1 is 0.286 bits per heavy atom. The molecular weight excluding hydrogens is 933 g/mol. The standard InChI is InChI=1S/C73H52N4/c1-45-27-33-59(66(39-45)75-7)54-32-38-71(76-67-34-28-50(55-21-12-8-17-46(55)2)40-60(67)61-41-51(29-35-68(61)76)56-22-13-9-18-47(56)3)64(44-54)73-65(74-6)25-16-26-72(73)77-69-36-30-52(57-23-14-10-19-48(57)4)42-62(69)63-43-53(31-37-70(63)77)58-24-15-11-20-49(58)5/h8-44H,1-5H3. The topological polar surface area (TPSA) is 18.6 Å². The van der Waals surface area contributed by atoms with Crippen LogP contribution in [0, 0.1) is 47.8 Å². The van der Waals surface area contributed by atoms with Crippen LogP contribution in [0.2, 0.25) is 0 Å². The highest BCUT2D eigenvalue weighted by molar-refractivity contribution is 6.15. The first-order valence-corrected chi connectivity index (χ1v) is 26.2. The molecule has 0 N–H and O–H groups in total. The summed E-state index contributed by atoms with van der Waals surface area (Å²) in [7, 11) is 0. The zero-order chi connectivity index (χ0) is 52.5. The fourth-order valence-electron chi connectivity index (χ4n) is 12.0. The van der Waals surface area contributed by atoms with E-state index in [1.165, 1.54) is 44.5 Å². The number of hydrogen-bond acceptors (Lipinski definition) is 0. The van der Waals surface area contributed by atoms with E-state index in [0.717, 1.165) is 105 Å². The first-order valence-electron chi connectivity index (χ1n) is 26.2. The average molecular weight is 985 g/mol. The van der Waals surface area contributed by atoms with E-state index in [2.05, 4.69) is 253 Å². The van der Waals surface area contributed by atoms with E-state index >= 15 is 0 Å². The molecule has 0 bridgehead atoms. The largest absolute Gasteiger partial charge is 0.310 e. The van der Waals surface area contributed by atoms with Crippen LogP contribution in [0.1, 0.15) is 27.8 Å². The Morgan fingerprint density at radius 2 is 0.662 bits per heavy atom. The van der Waals surface area contributed by atoms with Crippen molar-refractivity contribution >= 4 is 55.0 Å². The molecule has 2 heterocycles. The Bertz CT molecular complexity index is 4450. The molecule has 4 heteroatoms. The van der Waals surface area contributed by atoms with E-state index in [1.807, 2.05) is 25.1 Å². The van der Waals surface area contributed by atoms with E-state index < -0.39 is 0 Å². The van der Waals surface area contributed by atoms with Gasteiger partial charge in [-0.25, -0.2) is 9.69 Å². The number of benzene rings is 11. The van der Waals surface area contributed by atoms with Crippen LogP contribution < -0.4 is 0 Å². The Balaban J connectivity index is 1.14. The van der Waals surface area contributed by atoms with Crippen LogP contribution in [0.25, 0.3) is 131 Å². The van der Waals surface area contributed by atoms with Gasteiger partial charge >= 0.3 is 0 Å². The van der Waals surface area contributed by atoms with Crippen molar-refractivity contribution in [2.24, 2.45) is 0 Å². The van der Waals surface area contributed by atoms with Crippen molar-refractivity contribution < 1.29 is 0 Å². The third kappa shape index (κ3) is 7.81. The number of hydrogen-bond donors (Lipinski definition) is 0. The van der Waals surface area contributed by atoms with Gasteiger partial charge in [0.15, 0.2) is 11.4 Å². The van der Waals surface area contributed by atoms with E-state index in [9.17, 15) is 0 Å². The lowest BCUT2D eigenvalue weighted by Crippen LogP contribution is -2.02. The summed E-state index contributed by atoms with van der Waals surface area (Å²) < 4.78 is 4.77. The molecule has 0 fully saturated rings. The molecule has 0 amide bonds. The molecule has 13 rings (SSSR count). The van der Waals surface area contributed by atoms with Crippen molar-refractivity contribution in [3.8, 4) is 78.1 Å². The third-order valence-corrected chi connectivity index (χ3v) is 15.8. The van der Waals surface area contributed by atoms with Gasteiger partial charge in [-0.3, -0.25) is 0 Å². The van der Waals surface area contributed by atoms with Gasteiger partial charge in [0.25, 0.3) is 0 Å². The van der Waals surface area contributed by atoms with Gasteiger partial charge in [0.1, 0.15) is 0 Å². The van der Waals surface area contributed by atoms with E-state index in [0.29, 0.717) is 11.4 Å². The number of aromatic nitrogens is 2. The summed E-state index contributed by atoms with van der Waals surface area (Å²) in [6.07, 6.45) is 0. The molecule has 0 spiro atoms. The fourth-order valence-corrected chi connectivity index (χ4v) is 12.0. The van der Waals surface area contributed by atoms with Crippen LogP contribution in [-0.2, 0) is 0 Å². The Labute approximate surface area is 449 Å². The summed E-state index contributed by atoms with van der Waals surface area (Å²) in [5.41, 5.74) is 25.8. The lowest BCUT2D eigenvalue weighted by molar-refractivity contribution is 1.16. The smallest absolute Gasteiger partial charge is 0.197 e. The summed E-state index contributed by atoms with van der Waals surface area (Å²) in [6.45, 7) is 28.1. The Morgan fingerprint density at radius 3 is 1.06 bits per heavy atom. The summed E-state index contributed by atoms with van der Waals surface area (Å²) >= 11 is 0. The Kier molecular flexibility index (Phi) is 11.4. The van der Waals surface area contributed by atoms with Crippen molar-refractivity contribution in [3.63, 3.8) is 0 Å². The molecule has 0 atom stereocenters. The third-order valence-electron chi connectivity index (χ3n) is 15.8. The molecule has 11 aromatic carbocycles. The lowest BCUT2D eigenvalue weighted by atomic mass is 9.93. The van der Waals surface area contributed by atoms with Crippen molar-refractivity contribution in [2.75, 3.05) is 0 Å². The Hall–Kier alpha value is -10.0. The zero-order valence-corrected chi connectivity index (χ0v) is 43.7. The second kappa shape index (κ2) is 18.7. The quantitative estimate of drug-likeness (QED) is 0.135. The highest BCUT2D eigenvalue weighted by Crippen LogP contribution is 2.48. The molecule has 364 valence electrons. The summed E-state index contributed by atoms with van der Waals surface area (Å²) in [6, 6.07) is 80.7. The van der Waals surface area contributed by atoms with Gasteiger partial charge in [-0.1, -0.05) is 163 Å². The van der Waals surface area contributed by atoms with Crippen LogP contribution in [0.4, 0.5) is 11.4 Å². The summed E-state index contributed by atoms with van der Waals surface area (Å²) in [5.74, 6) is 0. The number of rotatable bonds is 8. The van der Waals surface area contributed by atoms with E-state index in [4.69, 9.17) is 13.1 Å². The van der Waals surface area contributed by atoms with Crippen molar-refractivity contribution in [2.45, 2.75) is 34.6 Å². The SMILES string of the molecule is [C-]#[N+]c1cc(C)ccc1-c1ccc(-n2c3ccc(-c4ccccc4C)cc3c3cc(-c4ccccc4C)ccc32)c(-c2c([N+]#[C-])cccc2-n2c3ccc(-c4ccccc4C)cc3c3cc(-c4ccccc4C)ccc32)c1. The van der Waals surface area contributed by atoms with Crippen molar-refractivity contribution in [1.82, 2.24) is 9.13 Å². The molecule has 77 heavy (non-hydrogen) atoms. The molecule has 0 radical (unpaired) electrons. The molecule has 4 nitrogen and oxygen atoms in total. The first kappa shape index (κ1) is 46.8. The average Bonchev–Trinajstić information content (AvgIpc) is 3.96. The molecule has 2 aromatic heterocycles. The van der Waals surface area contributed by atoms with Gasteiger partial charge in [-0.2, -0.15) is 0 Å². The molecule has 0 aliphatic rings. The molecule has 0 saturated carbocycles. The van der Waals surface area contributed by atoms with E-state index in [1.54, 1.807) is 0 Å². The van der Waals surface area contributed by atoms with Crippen LogP contribution in [0.15, 0.2) is 224 Å². The molecular formula is C73H52N4. The first-order chi connectivity index (χ1) is 37.7. The predicted molar refractivity (Wildman–Crippen MR) is 324 cm³/mol. The maximum Gasteiger partial charge on any atom is 0.197 e. The minimum absolute atomic E-state index is 0.530. The summed E-state index contributed by atoms with van der Waals surface area (Å²) in [4.78, 5) is 8.45. The normalized spacial score (nSPS) is 11.4. The number of aryl methyl sites for hydroxylation is 5. The molecule has 0 aliphatic carbocycles. The fraction of sp³-hybridized carbons (Fsp3) is 0.0685. The highest BCUT2D eigenvalue weighted by atomic mass is 15.0. The maximum absolute atomic E-state index is 9.00. The second-order valence-electron chi connectivity index (χ2n) is 20.5. The van der Waals surface area contributed by atoms with Crippen molar-refractivity contribution in [3.05, 3.63) is 275 Å². The van der Waals surface area contributed by atoms with Crippen LogP contribution in [-0.4, -0.2) is 9.13 Å². The minimum Gasteiger partial charge on any atom is -0.310 e. The molecule has 0 saturated heterocycles. The van der Waals surface area contributed by atoms with Gasteiger partial charge in [-0.05, 0) is 185 Å². The number of nitrogens with zero attached hydrogens (tertiary/aromatic N) is 4. The number of fused-ring (bicyclic) bond motifs is 6. The van der Waals surface area contributed by atoms with Crippen LogP contribution >= 0.6 is 0 Å². The summed E-state index contributed by atoms with van der Waals surface area (Å²) in [5, 5.41) is 4.52. The maximum atomic E-state index is 9.00. The van der Waals surface area contributed by atoms with Gasteiger partial charge in [0.2, 0.25) is 0 Å². The van der Waals surface area contributed by atoms with Crippen LogP contribution in [0.3, 0.4) is 0 Å². The van der Waals surface area contributed by atoms with Gasteiger partial charge < -0.3 is 9.13 Å². The predicted octanol–water partition coefficient (Wildman–Crippen LogP) is 20.5.